The first kappa shape index (κ1) is 13.0. The van der Waals surface area contributed by atoms with Crippen molar-refractivity contribution in [3.63, 3.8) is 0 Å². The van der Waals surface area contributed by atoms with Crippen LogP contribution in [0.4, 0.5) is 35.4 Å². The minimum atomic E-state index is 0.0417. The van der Waals surface area contributed by atoms with E-state index in [4.69, 9.17) is 34.4 Å². The van der Waals surface area contributed by atoms with Gasteiger partial charge in [-0.15, -0.1) is 0 Å². The molecule has 12 N–H and O–H groups in total. The summed E-state index contributed by atoms with van der Waals surface area (Å²) in [5.74, 6) is 0.813. The van der Waals surface area contributed by atoms with Crippen LogP contribution in [0.5, 0.6) is 0 Å². The predicted molar refractivity (Wildman–Crippen MR) is 68.3 cm³/mol. The maximum absolute atomic E-state index is 5.25. The molecule has 0 aliphatic heterocycles. The van der Waals surface area contributed by atoms with Crippen molar-refractivity contribution < 1.29 is 0 Å². The van der Waals surface area contributed by atoms with Crippen molar-refractivity contribution in [1.82, 2.24) is 24.9 Å². The molecule has 0 radical (unpaired) electrons. The molecule has 0 unspecified atom stereocenters. The van der Waals surface area contributed by atoms with E-state index in [0.717, 1.165) is 0 Å². The van der Waals surface area contributed by atoms with Gasteiger partial charge in [-0.3, -0.25) is 0 Å². The zero-order chi connectivity index (χ0) is 13.7. The Bertz CT molecular complexity index is 388. The predicted octanol–water partition coefficient (Wildman–Crippen LogP) is -2.16. The Balaban J connectivity index is 0.000000180. The Morgan fingerprint density at radius 2 is 0.778 bits per heavy atom. The van der Waals surface area contributed by atoms with E-state index in [9.17, 15) is 0 Å². The monoisotopic (exact) mass is 251 g/mol. The normalized spacial score (nSPS) is 9.33. The van der Waals surface area contributed by atoms with Crippen molar-refractivity contribution in [2.45, 2.75) is 0 Å². The number of hydrogen-bond donors (Lipinski definition) is 6. The Labute approximate surface area is 102 Å². The molecule has 0 fully saturated rings. The van der Waals surface area contributed by atoms with Gasteiger partial charge in [-0.05, 0) is 0 Å². The first-order valence-electron chi connectivity index (χ1n) is 4.55. The summed E-state index contributed by atoms with van der Waals surface area (Å²) in [5, 5.41) is 0. The molecule has 2 aromatic heterocycles. The number of nitrogen functional groups attached to an aromatic ring is 6. The fourth-order valence-electron chi connectivity index (χ4n) is 0.933. The molecule has 0 aliphatic carbocycles. The largest absolute Gasteiger partial charge is 0.383 e. The number of aromatic nitrogens is 5. The molecule has 0 amide bonds. The highest BCUT2D eigenvalue weighted by molar-refractivity contribution is 5.45. The van der Waals surface area contributed by atoms with E-state index in [2.05, 4.69) is 24.9 Å². The Morgan fingerprint density at radius 1 is 0.500 bits per heavy atom. The average Bonchev–Trinajstić information content (AvgIpc) is 2.12. The van der Waals surface area contributed by atoms with Crippen LogP contribution in [0.25, 0.3) is 0 Å². The highest BCUT2D eigenvalue weighted by Crippen LogP contribution is 2.03. The molecule has 2 rings (SSSR count). The van der Waals surface area contributed by atoms with E-state index in [1.165, 1.54) is 6.07 Å². The van der Waals surface area contributed by atoms with Gasteiger partial charge in [-0.2, -0.15) is 24.9 Å². The molecule has 0 saturated carbocycles. The minimum absolute atomic E-state index is 0.0417. The summed E-state index contributed by atoms with van der Waals surface area (Å²) in [6, 6.07) is 1.44. The fourth-order valence-corrected chi connectivity index (χ4v) is 0.933. The Kier molecular flexibility index (Phi) is 3.81. The maximum Gasteiger partial charge on any atom is 0.226 e. The van der Waals surface area contributed by atoms with Gasteiger partial charge in [0.15, 0.2) is 0 Å². The molecule has 0 aromatic carbocycles. The van der Waals surface area contributed by atoms with E-state index >= 15 is 0 Å². The van der Waals surface area contributed by atoms with Crippen molar-refractivity contribution in [3.05, 3.63) is 6.07 Å². The highest BCUT2D eigenvalue weighted by atomic mass is 15.2. The van der Waals surface area contributed by atoms with Gasteiger partial charge in [0.05, 0.1) is 0 Å². The second-order valence-electron chi connectivity index (χ2n) is 2.99. The Morgan fingerprint density at radius 3 is 1.06 bits per heavy atom. The van der Waals surface area contributed by atoms with Gasteiger partial charge in [0.1, 0.15) is 11.6 Å². The lowest BCUT2D eigenvalue weighted by molar-refractivity contribution is 1.09. The molecular formula is C7H13N11. The van der Waals surface area contributed by atoms with Crippen LogP contribution >= 0.6 is 0 Å². The first-order valence-corrected chi connectivity index (χ1v) is 4.55. The lowest BCUT2D eigenvalue weighted by atomic mass is 10.5. The van der Waals surface area contributed by atoms with Crippen molar-refractivity contribution in [2.75, 3.05) is 34.4 Å². The zero-order valence-corrected chi connectivity index (χ0v) is 9.28. The molecule has 0 bridgehead atoms. The van der Waals surface area contributed by atoms with Crippen LogP contribution < -0.4 is 34.4 Å². The molecule has 11 heteroatoms. The van der Waals surface area contributed by atoms with Crippen LogP contribution in [0, 0.1) is 0 Å². The quantitative estimate of drug-likeness (QED) is 0.295. The first-order chi connectivity index (χ1) is 8.36. The number of nitrogens with two attached hydrogens (primary N) is 6. The summed E-state index contributed by atoms with van der Waals surface area (Å²) in [5.41, 5.74) is 31.1. The van der Waals surface area contributed by atoms with Gasteiger partial charge in [0.25, 0.3) is 0 Å². The number of rotatable bonds is 0. The molecule has 2 heterocycles. The molecule has 11 nitrogen and oxygen atoms in total. The van der Waals surface area contributed by atoms with Gasteiger partial charge in [-0.25, -0.2) is 0 Å². The lowest BCUT2D eigenvalue weighted by Gasteiger charge is -1.94. The molecular weight excluding hydrogens is 238 g/mol. The second kappa shape index (κ2) is 5.29. The van der Waals surface area contributed by atoms with Gasteiger partial charge < -0.3 is 34.4 Å². The number of anilines is 6. The van der Waals surface area contributed by atoms with Crippen LogP contribution in [0.3, 0.4) is 0 Å². The molecule has 0 atom stereocenters. The van der Waals surface area contributed by atoms with Crippen molar-refractivity contribution in [2.24, 2.45) is 0 Å². The maximum atomic E-state index is 5.25. The fraction of sp³-hybridized carbons (Fsp3) is 0. The van der Waals surface area contributed by atoms with E-state index in [0.29, 0.717) is 11.6 Å². The molecule has 18 heavy (non-hydrogen) atoms. The minimum Gasteiger partial charge on any atom is -0.383 e. The smallest absolute Gasteiger partial charge is 0.226 e. The topological polar surface area (TPSA) is 221 Å². The van der Waals surface area contributed by atoms with Gasteiger partial charge >= 0.3 is 0 Å². The second-order valence-corrected chi connectivity index (χ2v) is 2.99. The average molecular weight is 251 g/mol. The van der Waals surface area contributed by atoms with Gasteiger partial charge in [0, 0.05) is 6.07 Å². The SMILES string of the molecule is Nc1cc(N)nc(N)n1.Nc1nc(N)nc(N)n1. The van der Waals surface area contributed by atoms with Crippen molar-refractivity contribution in [3.8, 4) is 0 Å². The van der Waals surface area contributed by atoms with Crippen LogP contribution in [0.1, 0.15) is 0 Å². The molecule has 0 saturated heterocycles. The summed E-state index contributed by atoms with van der Waals surface area (Å²) >= 11 is 0. The van der Waals surface area contributed by atoms with E-state index in [1.807, 2.05) is 0 Å². The summed E-state index contributed by atoms with van der Waals surface area (Å²) in [6.45, 7) is 0. The van der Waals surface area contributed by atoms with Crippen molar-refractivity contribution in [1.29, 1.82) is 0 Å². The Hall–Kier alpha value is -3.11. The van der Waals surface area contributed by atoms with Crippen LogP contribution in [-0.2, 0) is 0 Å². The number of hydrogen-bond acceptors (Lipinski definition) is 11. The van der Waals surface area contributed by atoms with E-state index in [-0.39, 0.29) is 23.8 Å². The molecule has 0 spiro atoms. The molecule has 2 aromatic rings. The highest BCUT2D eigenvalue weighted by Gasteiger charge is 1.94. The summed E-state index contributed by atoms with van der Waals surface area (Å²) in [4.78, 5) is 17.7. The third-order valence-electron chi connectivity index (χ3n) is 1.47. The van der Waals surface area contributed by atoms with E-state index in [1.54, 1.807) is 0 Å². The zero-order valence-electron chi connectivity index (χ0n) is 9.28. The molecule has 96 valence electrons. The lowest BCUT2D eigenvalue weighted by Crippen LogP contribution is -2.05. The molecule has 0 aliphatic rings. The standard InChI is InChI=1S/C4H7N5.C3H6N6/c5-2-1-3(6)9-4(7)8-2;4-1-7-2(5)9-3(6)8-1/h1H,(H6,5,6,7,8,9);(H6,4,5,6,7,8,9). The summed E-state index contributed by atoms with van der Waals surface area (Å²) in [6.07, 6.45) is 0. The summed E-state index contributed by atoms with van der Waals surface area (Å²) in [7, 11) is 0. The van der Waals surface area contributed by atoms with Gasteiger partial charge in [-0.1, -0.05) is 0 Å². The van der Waals surface area contributed by atoms with Crippen LogP contribution in [0.15, 0.2) is 6.07 Å². The van der Waals surface area contributed by atoms with Crippen LogP contribution in [-0.4, -0.2) is 24.9 Å². The van der Waals surface area contributed by atoms with Gasteiger partial charge in [0.2, 0.25) is 23.8 Å². The van der Waals surface area contributed by atoms with Crippen molar-refractivity contribution >= 4 is 35.4 Å². The van der Waals surface area contributed by atoms with E-state index < -0.39 is 0 Å². The summed E-state index contributed by atoms with van der Waals surface area (Å²) < 4.78 is 0. The third kappa shape index (κ3) is 4.18. The third-order valence-corrected chi connectivity index (χ3v) is 1.47. The number of nitrogens with zero attached hydrogens (tertiary/aromatic N) is 5. The van der Waals surface area contributed by atoms with Crippen LogP contribution in [0.2, 0.25) is 0 Å².